The standard InChI is InChI=1S/C20H23N3O4/c1-26-20(10-12-22-13-11-20)19(25)23-14-6-8-15(9-7-14)27-17-5-3-2-4-16(17)18(21)24/h2-9,22H,10-13H2,1H3,(H2,21,24)(H,23,25). The summed E-state index contributed by atoms with van der Waals surface area (Å²) in [7, 11) is 1.57. The molecule has 27 heavy (non-hydrogen) atoms. The molecule has 7 heteroatoms. The van der Waals surface area contributed by atoms with Crippen molar-refractivity contribution in [3.05, 3.63) is 54.1 Å². The van der Waals surface area contributed by atoms with E-state index in [1.54, 1.807) is 55.6 Å². The number of anilines is 1. The van der Waals surface area contributed by atoms with E-state index in [0.717, 1.165) is 13.1 Å². The van der Waals surface area contributed by atoms with Crippen molar-refractivity contribution in [2.24, 2.45) is 5.73 Å². The maximum Gasteiger partial charge on any atom is 0.256 e. The summed E-state index contributed by atoms with van der Waals surface area (Å²) in [5, 5.41) is 6.13. The maximum absolute atomic E-state index is 12.7. The van der Waals surface area contributed by atoms with Crippen molar-refractivity contribution in [2.75, 3.05) is 25.5 Å². The lowest BCUT2D eigenvalue weighted by atomic mass is 9.91. The molecule has 2 aromatic carbocycles. The van der Waals surface area contributed by atoms with Crippen molar-refractivity contribution in [3.63, 3.8) is 0 Å². The van der Waals surface area contributed by atoms with Crippen molar-refractivity contribution < 1.29 is 19.1 Å². The van der Waals surface area contributed by atoms with E-state index in [4.69, 9.17) is 15.2 Å². The largest absolute Gasteiger partial charge is 0.457 e. The lowest BCUT2D eigenvalue weighted by molar-refractivity contribution is -0.140. The number of nitrogens with two attached hydrogens (primary N) is 1. The fourth-order valence-corrected chi connectivity index (χ4v) is 3.09. The smallest absolute Gasteiger partial charge is 0.256 e. The first-order valence-electron chi connectivity index (χ1n) is 8.78. The molecule has 0 spiro atoms. The van der Waals surface area contributed by atoms with Crippen LogP contribution in [0.3, 0.4) is 0 Å². The first-order valence-corrected chi connectivity index (χ1v) is 8.78. The number of amides is 2. The van der Waals surface area contributed by atoms with E-state index in [2.05, 4.69) is 10.6 Å². The van der Waals surface area contributed by atoms with Crippen LogP contribution in [0.25, 0.3) is 0 Å². The molecular weight excluding hydrogens is 346 g/mol. The van der Waals surface area contributed by atoms with Crippen LogP contribution in [-0.4, -0.2) is 37.6 Å². The van der Waals surface area contributed by atoms with Gasteiger partial charge in [-0.1, -0.05) is 12.1 Å². The second-order valence-electron chi connectivity index (χ2n) is 6.39. The van der Waals surface area contributed by atoms with E-state index in [1.807, 2.05) is 0 Å². The molecule has 0 bridgehead atoms. The molecule has 2 aromatic rings. The van der Waals surface area contributed by atoms with Gasteiger partial charge in [0.25, 0.3) is 11.8 Å². The van der Waals surface area contributed by atoms with E-state index in [1.165, 1.54) is 0 Å². The number of piperidine rings is 1. The zero-order valence-corrected chi connectivity index (χ0v) is 15.2. The van der Waals surface area contributed by atoms with Crippen LogP contribution in [0.15, 0.2) is 48.5 Å². The number of carbonyl (C=O) groups excluding carboxylic acids is 2. The van der Waals surface area contributed by atoms with Gasteiger partial charge >= 0.3 is 0 Å². The van der Waals surface area contributed by atoms with Crippen LogP contribution in [0.4, 0.5) is 5.69 Å². The summed E-state index contributed by atoms with van der Waals surface area (Å²) in [5.74, 6) is 0.209. The maximum atomic E-state index is 12.7. The predicted octanol–water partition coefficient (Wildman–Crippen LogP) is 2.28. The molecule has 0 aliphatic carbocycles. The molecule has 2 amide bonds. The highest BCUT2D eigenvalue weighted by molar-refractivity contribution is 5.97. The van der Waals surface area contributed by atoms with Gasteiger partial charge < -0.3 is 25.8 Å². The van der Waals surface area contributed by atoms with Gasteiger partial charge in [0.2, 0.25) is 0 Å². The third-order valence-electron chi connectivity index (χ3n) is 4.71. The van der Waals surface area contributed by atoms with E-state index < -0.39 is 11.5 Å². The highest BCUT2D eigenvalue weighted by Crippen LogP contribution is 2.28. The minimum absolute atomic E-state index is 0.153. The number of carbonyl (C=O) groups is 2. The Morgan fingerprint density at radius 3 is 2.37 bits per heavy atom. The van der Waals surface area contributed by atoms with Crippen LogP contribution in [0.5, 0.6) is 11.5 Å². The Morgan fingerprint density at radius 1 is 1.07 bits per heavy atom. The Bertz CT molecular complexity index is 814. The Morgan fingerprint density at radius 2 is 1.74 bits per heavy atom. The molecule has 0 aromatic heterocycles. The average Bonchev–Trinajstić information content (AvgIpc) is 2.70. The molecule has 1 aliphatic heterocycles. The highest BCUT2D eigenvalue weighted by Gasteiger charge is 2.39. The van der Waals surface area contributed by atoms with Gasteiger partial charge in [-0.3, -0.25) is 9.59 Å². The second kappa shape index (κ2) is 8.20. The van der Waals surface area contributed by atoms with Crippen molar-refractivity contribution in [1.29, 1.82) is 0 Å². The van der Waals surface area contributed by atoms with Crippen molar-refractivity contribution in [3.8, 4) is 11.5 Å². The summed E-state index contributed by atoms with van der Waals surface area (Å²) in [4.78, 5) is 24.1. The van der Waals surface area contributed by atoms with E-state index in [-0.39, 0.29) is 5.91 Å². The highest BCUT2D eigenvalue weighted by atomic mass is 16.5. The molecule has 1 fully saturated rings. The quantitative estimate of drug-likeness (QED) is 0.725. The number of nitrogens with one attached hydrogen (secondary N) is 2. The molecule has 1 heterocycles. The Labute approximate surface area is 157 Å². The predicted molar refractivity (Wildman–Crippen MR) is 102 cm³/mol. The molecule has 4 N–H and O–H groups in total. The topological polar surface area (TPSA) is 103 Å². The zero-order chi connectivity index (χ0) is 19.3. The minimum atomic E-state index is -0.805. The number of hydrogen-bond acceptors (Lipinski definition) is 5. The first-order chi connectivity index (χ1) is 13.0. The summed E-state index contributed by atoms with van der Waals surface area (Å²) < 4.78 is 11.3. The third-order valence-corrected chi connectivity index (χ3v) is 4.71. The van der Waals surface area contributed by atoms with Crippen molar-refractivity contribution in [1.82, 2.24) is 5.32 Å². The van der Waals surface area contributed by atoms with Gasteiger partial charge in [0.15, 0.2) is 0 Å². The summed E-state index contributed by atoms with van der Waals surface area (Å²) in [6.07, 6.45) is 1.25. The van der Waals surface area contributed by atoms with Crippen LogP contribution < -0.4 is 21.1 Å². The lowest BCUT2D eigenvalue weighted by Gasteiger charge is -2.34. The van der Waals surface area contributed by atoms with Gasteiger partial charge in [0.05, 0.1) is 5.56 Å². The Balaban J connectivity index is 1.69. The molecule has 0 unspecified atom stereocenters. The van der Waals surface area contributed by atoms with Crippen molar-refractivity contribution >= 4 is 17.5 Å². The fourth-order valence-electron chi connectivity index (χ4n) is 3.09. The first kappa shape index (κ1) is 18.9. The SMILES string of the molecule is COC1(C(=O)Nc2ccc(Oc3ccccc3C(N)=O)cc2)CCNCC1. The molecule has 142 valence electrons. The molecule has 0 saturated carbocycles. The average molecular weight is 369 g/mol. The zero-order valence-electron chi connectivity index (χ0n) is 15.2. The molecule has 1 saturated heterocycles. The van der Waals surface area contributed by atoms with Gasteiger partial charge in [-0.05, 0) is 62.3 Å². The van der Waals surface area contributed by atoms with Gasteiger partial charge in [0, 0.05) is 12.8 Å². The molecule has 0 atom stereocenters. The Kier molecular flexibility index (Phi) is 5.73. The van der Waals surface area contributed by atoms with E-state index in [9.17, 15) is 9.59 Å². The van der Waals surface area contributed by atoms with Crippen LogP contribution >= 0.6 is 0 Å². The monoisotopic (exact) mass is 369 g/mol. The number of ether oxygens (including phenoxy) is 2. The molecule has 7 nitrogen and oxygen atoms in total. The normalized spacial score (nSPS) is 15.7. The summed E-state index contributed by atoms with van der Waals surface area (Å²) in [6.45, 7) is 1.49. The molecule has 0 radical (unpaired) electrons. The minimum Gasteiger partial charge on any atom is -0.457 e. The van der Waals surface area contributed by atoms with Gasteiger partial charge in [-0.25, -0.2) is 0 Å². The fraction of sp³-hybridized carbons (Fsp3) is 0.300. The van der Waals surface area contributed by atoms with Crippen LogP contribution in [0.2, 0.25) is 0 Å². The van der Waals surface area contributed by atoms with Crippen LogP contribution in [-0.2, 0) is 9.53 Å². The van der Waals surface area contributed by atoms with Gasteiger partial charge in [-0.15, -0.1) is 0 Å². The molecule has 1 aliphatic rings. The number of rotatable bonds is 6. The molecular formula is C20H23N3O4. The lowest BCUT2D eigenvalue weighted by Crippen LogP contribution is -2.51. The van der Waals surface area contributed by atoms with Crippen molar-refractivity contribution in [2.45, 2.75) is 18.4 Å². The van der Waals surface area contributed by atoms with Crippen LogP contribution in [0, 0.1) is 0 Å². The number of methoxy groups -OCH3 is 1. The second-order valence-corrected chi connectivity index (χ2v) is 6.39. The number of benzene rings is 2. The van der Waals surface area contributed by atoms with Crippen LogP contribution in [0.1, 0.15) is 23.2 Å². The van der Waals surface area contributed by atoms with Gasteiger partial charge in [0.1, 0.15) is 17.1 Å². The van der Waals surface area contributed by atoms with E-state index >= 15 is 0 Å². The van der Waals surface area contributed by atoms with E-state index in [0.29, 0.717) is 35.6 Å². The van der Waals surface area contributed by atoms with Gasteiger partial charge in [-0.2, -0.15) is 0 Å². The molecule has 3 rings (SSSR count). The number of primary amides is 1. The number of para-hydroxylation sites is 1. The summed E-state index contributed by atoms with van der Waals surface area (Å²) in [5.41, 5.74) is 5.51. The summed E-state index contributed by atoms with van der Waals surface area (Å²) >= 11 is 0. The third kappa shape index (κ3) is 4.27. The summed E-state index contributed by atoms with van der Waals surface area (Å²) in [6, 6.07) is 13.7. The number of hydrogen-bond donors (Lipinski definition) is 3. The Hall–Kier alpha value is -2.90.